The Hall–Kier alpha value is -3.07. The normalized spacial score (nSPS) is 12.9. The number of aromatic nitrogens is 1. The molecule has 1 aromatic heterocycles. The van der Waals surface area contributed by atoms with Crippen LogP contribution < -0.4 is 5.32 Å². The van der Waals surface area contributed by atoms with Gasteiger partial charge in [0.2, 0.25) is 0 Å². The van der Waals surface area contributed by atoms with Crippen molar-refractivity contribution in [2.45, 2.75) is 19.8 Å². The number of anilines is 1. The lowest BCUT2D eigenvalue weighted by molar-refractivity contribution is -0.0918. The van der Waals surface area contributed by atoms with Crippen molar-refractivity contribution in [2.75, 3.05) is 11.9 Å². The highest BCUT2D eigenvalue weighted by atomic mass is 35.5. The van der Waals surface area contributed by atoms with Crippen LogP contribution >= 0.6 is 22.9 Å². The highest BCUT2D eigenvalue weighted by molar-refractivity contribution is 7.15. The maximum atomic E-state index is 12.4. The van der Waals surface area contributed by atoms with Gasteiger partial charge in [-0.15, -0.1) is 16.4 Å². The van der Waals surface area contributed by atoms with Crippen LogP contribution in [0.1, 0.15) is 48.1 Å². The highest BCUT2D eigenvalue weighted by Gasteiger charge is 2.36. The zero-order chi connectivity index (χ0) is 22.0. The first kappa shape index (κ1) is 21.2. The molecule has 1 aliphatic heterocycles. The number of rotatable bonds is 7. The Bertz CT molecular complexity index is 1140. The molecule has 0 bridgehead atoms. The highest BCUT2D eigenvalue weighted by Crippen LogP contribution is 2.26. The number of carbonyl (C=O) groups excluding carboxylic acids is 3. The van der Waals surface area contributed by atoms with Gasteiger partial charge in [-0.2, -0.15) is 0 Å². The fourth-order valence-corrected chi connectivity index (χ4v) is 4.38. The SMILES string of the molecule is Cc1nc(NC(=O)c2cccc(Cl)c2)sc1CCCON1C(=O)c2ccccc2C1=O. The van der Waals surface area contributed by atoms with Gasteiger partial charge < -0.3 is 0 Å². The first-order valence-corrected chi connectivity index (χ1v) is 10.8. The van der Waals surface area contributed by atoms with Crippen LogP contribution in [-0.4, -0.2) is 34.4 Å². The Morgan fingerprint density at radius 2 is 1.84 bits per heavy atom. The molecular formula is C22H18ClN3O4S. The molecule has 2 heterocycles. The van der Waals surface area contributed by atoms with Crippen molar-refractivity contribution < 1.29 is 19.2 Å². The van der Waals surface area contributed by atoms with E-state index in [2.05, 4.69) is 10.3 Å². The van der Waals surface area contributed by atoms with Gasteiger partial charge in [-0.3, -0.25) is 24.5 Å². The molecule has 3 aromatic rings. The van der Waals surface area contributed by atoms with Gasteiger partial charge in [-0.25, -0.2) is 4.98 Å². The van der Waals surface area contributed by atoms with Gasteiger partial charge in [0.1, 0.15) is 0 Å². The lowest BCUT2D eigenvalue weighted by Crippen LogP contribution is -2.30. The van der Waals surface area contributed by atoms with Crippen molar-refractivity contribution in [1.82, 2.24) is 10.0 Å². The van der Waals surface area contributed by atoms with Crippen molar-refractivity contribution >= 4 is 45.8 Å². The van der Waals surface area contributed by atoms with E-state index in [0.717, 1.165) is 15.6 Å². The Morgan fingerprint density at radius 3 is 2.52 bits per heavy atom. The molecule has 0 spiro atoms. The van der Waals surface area contributed by atoms with Gasteiger partial charge in [-0.05, 0) is 50.1 Å². The van der Waals surface area contributed by atoms with Gasteiger partial charge in [0.15, 0.2) is 5.13 Å². The van der Waals surface area contributed by atoms with E-state index in [1.54, 1.807) is 48.5 Å². The smallest absolute Gasteiger partial charge is 0.285 e. The summed E-state index contributed by atoms with van der Waals surface area (Å²) in [5.41, 5.74) is 1.97. The number of benzene rings is 2. The molecule has 0 radical (unpaired) electrons. The molecule has 0 atom stereocenters. The number of amides is 3. The summed E-state index contributed by atoms with van der Waals surface area (Å²) < 4.78 is 0. The predicted octanol–water partition coefficient (Wildman–Crippen LogP) is 4.52. The Kier molecular flexibility index (Phi) is 6.13. The Labute approximate surface area is 187 Å². The summed E-state index contributed by atoms with van der Waals surface area (Å²) in [6, 6.07) is 13.3. The minimum absolute atomic E-state index is 0.201. The zero-order valence-electron chi connectivity index (χ0n) is 16.6. The number of carbonyl (C=O) groups is 3. The van der Waals surface area contributed by atoms with Crippen molar-refractivity contribution in [3.05, 3.63) is 80.8 Å². The van der Waals surface area contributed by atoms with Crippen LogP contribution in [-0.2, 0) is 11.3 Å². The minimum Gasteiger partial charge on any atom is -0.298 e. The third kappa shape index (κ3) is 4.51. The first-order chi connectivity index (χ1) is 14.9. The average Bonchev–Trinajstić information content (AvgIpc) is 3.22. The summed E-state index contributed by atoms with van der Waals surface area (Å²) >= 11 is 7.31. The molecule has 2 aromatic carbocycles. The monoisotopic (exact) mass is 455 g/mol. The number of hydrogen-bond acceptors (Lipinski definition) is 6. The van der Waals surface area contributed by atoms with Gasteiger partial charge >= 0.3 is 0 Å². The van der Waals surface area contributed by atoms with Crippen molar-refractivity contribution in [2.24, 2.45) is 0 Å². The third-order valence-corrected chi connectivity index (χ3v) is 6.09. The largest absolute Gasteiger partial charge is 0.298 e. The van der Waals surface area contributed by atoms with Gasteiger partial charge in [0, 0.05) is 15.5 Å². The number of nitrogens with zero attached hydrogens (tertiary/aromatic N) is 2. The summed E-state index contributed by atoms with van der Waals surface area (Å²) in [6.45, 7) is 2.07. The molecule has 1 N–H and O–H groups in total. The molecule has 31 heavy (non-hydrogen) atoms. The molecule has 0 unspecified atom stereocenters. The van der Waals surface area contributed by atoms with E-state index in [1.807, 2.05) is 6.92 Å². The van der Waals surface area contributed by atoms with E-state index in [4.69, 9.17) is 16.4 Å². The number of imide groups is 1. The second-order valence-corrected chi connectivity index (χ2v) is 8.40. The summed E-state index contributed by atoms with van der Waals surface area (Å²) in [4.78, 5) is 47.8. The molecular weight excluding hydrogens is 438 g/mol. The van der Waals surface area contributed by atoms with Crippen molar-refractivity contribution in [3.8, 4) is 0 Å². The number of thiazole rings is 1. The van der Waals surface area contributed by atoms with Crippen LogP contribution in [0, 0.1) is 6.92 Å². The molecule has 0 aliphatic carbocycles. The van der Waals surface area contributed by atoms with Crippen LogP contribution in [0.15, 0.2) is 48.5 Å². The molecule has 0 saturated carbocycles. The Morgan fingerprint density at radius 1 is 1.13 bits per heavy atom. The van der Waals surface area contributed by atoms with Crippen LogP contribution in [0.3, 0.4) is 0 Å². The summed E-state index contributed by atoms with van der Waals surface area (Å²) in [5, 5.41) is 4.59. The standard InChI is InChI=1S/C22H18ClN3O4S/c1-13-18(31-22(24-13)25-19(27)14-6-4-7-15(23)12-14)10-5-11-30-26-20(28)16-8-2-3-9-17(16)21(26)29/h2-4,6-9,12H,5,10-11H2,1H3,(H,24,25,27). The zero-order valence-corrected chi connectivity index (χ0v) is 18.1. The maximum Gasteiger partial charge on any atom is 0.285 e. The van der Waals surface area contributed by atoms with Gasteiger partial charge in [0.25, 0.3) is 17.7 Å². The average molecular weight is 456 g/mol. The minimum atomic E-state index is -0.444. The number of hydroxylamine groups is 2. The van der Waals surface area contributed by atoms with Crippen molar-refractivity contribution in [1.29, 1.82) is 0 Å². The van der Waals surface area contributed by atoms with E-state index in [-0.39, 0.29) is 12.5 Å². The van der Waals surface area contributed by atoms with Crippen LogP contribution in [0.2, 0.25) is 5.02 Å². The molecule has 7 nitrogen and oxygen atoms in total. The Balaban J connectivity index is 1.30. The van der Waals surface area contributed by atoms with Crippen molar-refractivity contribution in [3.63, 3.8) is 0 Å². The fourth-order valence-electron chi connectivity index (χ4n) is 3.19. The first-order valence-electron chi connectivity index (χ1n) is 9.58. The molecule has 9 heteroatoms. The third-order valence-electron chi connectivity index (χ3n) is 4.73. The molecule has 1 aliphatic rings. The second-order valence-electron chi connectivity index (χ2n) is 6.88. The van der Waals surface area contributed by atoms with Gasteiger partial charge in [-0.1, -0.05) is 29.8 Å². The van der Waals surface area contributed by atoms with Gasteiger partial charge in [0.05, 0.1) is 23.4 Å². The van der Waals surface area contributed by atoms with Crippen LogP contribution in [0.4, 0.5) is 5.13 Å². The predicted molar refractivity (Wildman–Crippen MR) is 117 cm³/mol. The second kappa shape index (κ2) is 8.97. The molecule has 0 saturated heterocycles. The summed E-state index contributed by atoms with van der Waals surface area (Å²) in [7, 11) is 0. The molecule has 0 fully saturated rings. The molecule has 158 valence electrons. The number of fused-ring (bicyclic) bond motifs is 1. The lowest BCUT2D eigenvalue weighted by atomic mass is 10.1. The van der Waals surface area contributed by atoms with E-state index in [9.17, 15) is 14.4 Å². The summed E-state index contributed by atoms with van der Waals surface area (Å²) in [5.74, 6) is -1.17. The van der Waals surface area contributed by atoms with E-state index in [1.165, 1.54) is 11.3 Å². The molecule has 4 rings (SSSR count). The van der Waals surface area contributed by atoms with Crippen LogP contribution in [0.25, 0.3) is 0 Å². The van der Waals surface area contributed by atoms with Crippen LogP contribution in [0.5, 0.6) is 0 Å². The topological polar surface area (TPSA) is 88.6 Å². The number of aryl methyl sites for hydroxylation is 2. The fraction of sp³-hybridized carbons (Fsp3) is 0.182. The summed E-state index contributed by atoms with van der Waals surface area (Å²) in [6.07, 6.45) is 1.22. The maximum absolute atomic E-state index is 12.4. The van der Waals surface area contributed by atoms with E-state index >= 15 is 0 Å². The van der Waals surface area contributed by atoms with E-state index < -0.39 is 11.8 Å². The number of nitrogens with one attached hydrogen (secondary N) is 1. The van der Waals surface area contributed by atoms with E-state index in [0.29, 0.717) is 39.7 Å². The molecule has 3 amide bonds. The number of hydrogen-bond donors (Lipinski definition) is 1. The number of halogens is 1. The quantitative estimate of drug-likeness (QED) is 0.418. The lowest BCUT2D eigenvalue weighted by Gasteiger charge is -2.12.